The largest absolute Gasteiger partial charge is 0.381 e. The Bertz CT molecular complexity index is 1550. The number of thiocarbonyl (C=S) groups is 1. The fourth-order valence-corrected chi connectivity index (χ4v) is 6.44. The van der Waals surface area contributed by atoms with E-state index >= 15 is 0 Å². The van der Waals surface area contributed by atoms with Gasteiger partial charge >= 0.3 is 0 Å². The Kier molecular flexibility index (Phi) is 5.46. The number of hydrogen-bond donors (Lipinski definition) is 2. The molecule has 3 aliphatic rings. The lowest BCUT2D eigenvalue weighted by atomic mass is 9.83. The molecule has 0 amide bonds. The van der Waals surface area contributed by atoms with Gasteiger partial charge in [0.2, 0.25) is 0 Å². The molecule has 1 fully saturated rings. The Balaban J connectivity index is 1.26. The number of imidazole rings is 1. The zero-order valence-corrected chi connectivity index (χ0v) is 21.3. The number of hydrogen-bond acceptors (Lipinski definition) is 6. The van der Waals surface area contributed by atoms with Gasteiger partial charge in [0.1, 0.15) is 22.3 Å². The Morgan fingerprint density at radius 1 is 1.22 bits per heavy atom. The van der Waals surface area contributed by atoms with E-state index in [9.17, 15) is 4.39 Å². The monoisotopic (exact) mass is 514 g/mol. The Morgan fingerprint density at radius 2 is 2.14 bits per heavy atom. The molecule has 0 bridgehead atoms. The third-order valence-electron chi connectivity index (χ3n) is 7.83. The summed E-state index contributed by atoms with van der Waals surface area (Å²) in [5.41, 5.74) is 7.98. The molecule has 9 heteroatoms. The van der Waals surface area contributed by atoms with Crippen LogP contribution in [-0.2, 0) is 17.8 Å². The molecule has 0 aliphatic carbocycles. The minimum Gasteiger partial charge on any atom is -0.381 e. The normalized spacial score (nSPS) is 21.2. The highest BCUT2D eigenvalue weighted by molar-refractivity contribution is 7.80. The lowest BCUT2D eigenvalue weighted by Gasteiger charge is -2.31. The van der Waals surface area contributed by atoms with Gasteiger partial charge in [-0.2, -0.15) is 0 Å². The molecule has 1 saturated heterocycles. The molecule has 0 radical (unpaired) electrons. The summed E-state index contributed by atoms with van der Waals surface area (Å²) in [5.74, 6) is 1.52. The van der Waals surface area contributed by atoms with Gasteiger partial charge in [0.15, 0.2) is 0 Å². The predicted molar refractivity (Wildman–Crippen MR) is 145 cm³/mol. The summed E-state index contributed by atoms with van der Waals surface area (Å²) < 4.78 is 21.4. The summed E-state index contributed by atoms with van der Waals surface area (Å²) in [6.45, 7) is 4.10. The molecule has 4 aromatic rings. The highest BCUT2D eigenvalue weighted by atomic mass is 32.1. The molecule has 188 valence electrons. The maximum atomic E-state index is 13.7. The van der Waals surface area contributed by atoms with E-state index in [0.717, 1.165) is 72.3 Å². The summed E-state index contributed by atoms with van der Waals surface area (Å²) in [7, 11) is 2.16. The first kappa shape index (κ1) is 22.8. The van der Waals surface area contributed by atoms with E-state index in [1.165, 1.54) is 17.7 Å². The molecule has 2 atom stereocenters. The second kappa shape index (κ2) is 8.86. The first-order chi connectivity index (χ1) is 18.0. The number of anilines is 2. The lowest BCUT2D eigenvalue weighted by molar-refractivity contribution is 0.0304. The van der Waals surface area contributed by atoms with E-state index in [4.69, 9.17) is 21.9 Å². The molecule has 1 aromatic carbocycles. The van der Waals surface area contributed by atoms with E-state index in [2.05, 4.69) is 45.8 Å². The summed E-state index contributed by atoms with van der Waals surface area (Å²) in [6.07, 6.45) is 4.55. The number of nitrogens with zero attached hydrogens (tertiary/aromatic N) is 4. The molecule has 0 unspecified atom stereocenters. The van der Waals surface area contributed by atoms with Gasteiger partial charge in [0, 0.05) is 55.5 Å². The van der Waals surface area contributed by atoms with Crippen molar-refractivity contribution in [3.63, 3.8) is 0 Å². The fraction of sp³-hybridized carbons (Fsp3) is 0.321. The number of aromatic nitrogens is 3. The molecule has 6 heterocycles. The minimum atomic E-state index is -0.302. The van der Waals surface area contributed by atoms with Crippen LogP contribution in [0.2, 0.25) is 0 Å². The van der Waals surface area contributed by atoms with Gasteiger partial charge in [-0.15, -0.1) is 0 Å². The average Bonchev–Trinajstić information content (AvgIpc) is 3.45. The number of fused-ring (bicyclic) bond motifs is 5. The van der Waals surface area contributed by atoms with Gasteiger partial charge in [-0.05, 0) is 48.7 Å². The van der Waals surface area contributed by atoms with Crippen LogP contribution in [0, 0.1) is 11.7 Å². The van der Waals surface area contributed by atoms with Crippen LogP contribution in [0.1, 0.15) is 34.7 Å². The average molecular weight is 515 g/mol. The topological polar surface area (TPSA) is 66.7 Å². The molecule has 3 aliphatic heterocycles. The van der Waals surface area contributed by atoms with Crippen molar-refractivity contribution in [3.05, 3.63) is 77.0 Å². The number of ether oxygens (including phenoxy) is 1. The summed E-state index contributed by atoms with van der Waals surface area (Å²) >= 11 is 5.71. The second-order valence-electron chi connectivity index (χ2n) is 10.2. The third kappa shape index (κ3) is 3.89. The van der Waals surface area contributed by atoms with Crippen molar-refractivity contribution >= 4 is 34.4 Å². The van der Waals surface area contributed by atoms with Crippen LogP contribution in [0.25, 0.3) is 16.9 Å². The van der Waals surface area contributed by atoms with Gasteiger partial charge < -0.3 is 20.3 Å². The van der Waals surface area contributed by atoms with Crippen LogP contribution in [-0.4, -0.2) is 51.1 Å². The summed E-state index contributed by atoms with van der Waals surface area (Å²) in [4.78, 5) is 12.5. The van der Waals surface area contributed by atoms with E-state index in [-0.39, 0.29) is 5.82 Å². The molecule has 3 aromatic heterocycles. The fourth-order valence-electron chi connectivity index (χ4n) is 6.14. The van der Waals surface area contributed by atoms with Crippen LogP contribution < -0.4 is 10.6 Å². The van der Waals surface area contributed by atoms with E-state index in [0.29, 0.717) is 29.0 Å². The molecule has 0 saturated carbocycles. The number of nitrogens with one attached hydrogen (secondary N) is 2. The first-order valence-electron chi connectivity index (χ1n) is 12.7. The molecule has 37 heavy (non-hydrogen) atoms. The van der Waals surface area contributed by atoms with Crippen molar-refractivity contribution in [2.24, 2.45) is 5.92 Å². The number of pyridine rings is 2. The summed E-state index contributed by atoms with van der Waals surface area (Å²) in [6, 6.07) is 11.3. The van der Waals surface area contributed by atoms with Gasteiger partial charge in [-0.25, -0.2) is 14.4 Å². The lowest BCUT2D eigenvalue weighted by Crippen LogP contribution is -2.32. The standard InChI is InChI=1S/C28H27FN6OS/c1-34-13-16-15-36-9-7-18(16)19-3-5-25(33-23(19)14-34)32-22-4-2-20(21-11-31-28(37)27(21)22)24-12-30-26-10-17(29)6-8-35(24)26/h2-6,8,10,12,16,18H,7,9,11,13-15H2,1H3,(H,31,37)(H,32,33)/t16-,18-/m1/s1. The van der Waals surface area contributed by atoms with E-state index < -0.39 is 0 Å². The molecule has 2 N–H and O–H groups in total. The van der Waals surface area contributed by atoms with Crippen LogP contribution in [0.5, 0.6) is 0 Å². The summed E-state index contributed by atoms with van der Waals surface area (Å²) in [5, 5.41) is 6.88. The van der Waals surface area contributed by atoms with Gasteiger partial charge in [0.05, 0.1) is 29.9 Å². The Hall–Kier alpha value is -3.40. The van der Waals surface area contributed by atoms with Crippen molar-refractivity contribution < 1.29 is 9.13 Å². The van der Waals surface area contributed by atoms with E-state index in [1.807, 2.05) is 10.5 Å². The van der Waals surface area contributed by atoms with Crippen LogP contribution in [0.15, 0.2) is 48.8 Å². The quantitative estimate of drug-likeness (QED) is 0.387. The maximum Gasteiger partial charge on any atom is 0.140 e. The van der Waals surface area contributed by atoms with Crippen LogP contribution in [0.4, 0.5) is 15.9 Å². The van der Waals surface area contributed by atoms with Gasteiger partial charge in [-0.1, -0.05) is 24.4 Å². The highest BCUT2D eigenvalue weighted by Crippen LogP contribution is 2.39. The molecular weight excluding hydrogens is 487 g/mol. The first-order valence-corrected chi connectivity index (χ1v) is 13.1. The molecule has 7 nitrogen and oxygen atoms in total. The van der Waals surface area contributed by atoms with Crippen LogP contribution in [0.3, 0.4) is 0 Å². The van der Waals surface area contributed by atoms with E-state index in [1.54, 1.807) is 12.4 Å². The van der Waals surface area contributed by atoms with Crippen molar-refractivity contribution in [1.29, 1.82) is 0 Å². The Morgan fingerprint density at radius 3 is 3.05 bits per heavy atom. The van der Waals surface area contributed by atoms with Gasteiger partial charge in [-0.3, -0.25) is 4.40 Å². The van der Waals surface area contributed by atoms with Gasteiger partial charge in [0.25, 0.3) is 0 Å². The minimum absolute atomic E-state index is 0.302. The van der Waals surface area contributed by atoms with Crippen molar-refractivity contribution in [2.45, 2.75) is 25.4 Å². The van der Waals surface area contributed by atoms with Crippen molar-refractivity contribution in [3.8, 4) is 11.3 Å². The van der Waals surface area contributed by atoms with Crippen molar-refractivity contribution in [1.82, 2.24) is 24.6 Å². The third-order valence-corrected chi connectivity index (χ3v) is 8.18. The molecule has 7 rings (SSSR count). The zero-order valence-electron chi connectivity index (χ0n) is 20.5. The number of rotatable bonds is 3. The van der Waals surface area contributed by atoms with Crippen LogP contribution >= 0.6 is 12.2 Å². The number of halogens is 1. The SMILES string of the molecule is CN1Cc2nc(Nc3ccc(-c4cnc5cc(F)ccn45)c4c3C(=S)NC4)ccc2[C@@H]2CCOC[C@H]2C1. The Labute approximate surface area is 219 Å². The molecular formula is C28H27FN6OS. The van der Waals surface area contributed by atoms with Crippen molar-refractivity contribution in [2.75, 3.05) is 32.1 Å². The predicted octanol–water partition coefficient (Wildman–Crippen LogP) is 4.62. The highest BCUT2D eigenvalue weighted by Gasteiger charge is 2.33. The second-order valence-corrected chi connectivity index (χ2v) is 10.6. The smallest absolute Gasteiger partial charge is 0.140 e. The maximum absolute atomic E-state index is 13.7. The zero-order chi connectivity index (χ0) is 25.1. The number of benzene rings is 1. The molecule has 0 spiro atoms.